The van der Waals surface area contributed by atoms with Gasteiger partial charge in [0.05, 0.1) is 11.1 Å². The van der Waals surface area contributed by atoms with Gasteiger partial charge in [-0.15, -0.1) is 0 Å². The molecule has 29 heavy (non-hydrogen) atoms. The second kappa shape index (κ2) is 7.48. The van der Waals surface area contributed by atoms with E-state index in [-0.39, 0.29) is 35.3 Å². The van der Waals surface area contributed by atoms with Crippen LogP contribution in [-0.2, 0) is 11.3 Å². The smallest absolute Gasteiger partial charge is 0.240 e. The summed E-state index contributed by atoms with van der Waals surface area (Å²) in [6.07, 6.45) is 0. The first kappa shape index (κ1) is 19.4. The highest BCUT2D eigenvalue weighted by atomic mass is 35.5. The van der Waals surface area contributed by atoms with Crippen LogP contribution in [0.15, 0.2) is 42.5 Å². The predicted molar refractivity (Wildman–Crippen MR) is 108 cm³/mol. The molecule has 3 aromatic rings. The third-order valence-electron chi connectivity index (χ3n) is 4.86. The maximum Gasteiger partial charge on any atom is 0.240 e. The van der Waals surface area contributed by atoms with Crippen LogP contribution in [0, 0.1) is 17.6 Å². The molecule has 4 rings (SSSR count). The van der Waals surface area contributed by atoms with E-state index >= 15 is 0 Å². The monoisotopic (exact) mass is 416 g/mol. The molecule has 0 unspecified atom stereocenters. The zero-order valence-corrected chi connectivity index (χ0v) is 16.6. The maximum atomic E-state index is 13.9. The highest BCUT2D eigenvalue weighted by Gasteiger charge is 2.32. The van der Waals surface area contributed by atoms with Crippen molar-refractivity contribution in [2.75, 3.05) is 5.32 Å². The van der Waals surface area contributed by atoms with E-state index in [4.69, 9.17) is 16.6 Å². The van der Waals surface area contributed by atoms with Crippen LogP contribution in [0.25, 0.3) is 11.3 Å². The Balaban J connectivity index is 1.87. The molecule has 0 radical (unpaired) electrons. The number of benzene rings is 2. The van der Waals surface area contributed by atoms with E-state index in [2.05, 4.69) is 10.6 Å². The van der Waals surface area contributed by atoms with Crippen molar-refractivity contribution < 1.29 is 13.6 Å². The Morgan fingerprint density at radius 1 is 1.21 bits per heavy atom. The lowest BCUT2D eigenvalue weighted by molar-refractivity contribution is -0.123. The summed E-state index contributed by atoms with van der Waals surface area (Å²) in [5.74, 6) is 0.289. The Hall–Kier alpha value is -2.93. The Kier molecular flexibility index (Phi) is 5.00. The second-order valence-corrected chi connectivity index (χ2v) is 7.71. The first-order valence-corrected chi connectivity index (χ1v) is 9.59. The SMILES string of the molecule is CC(C)[C@H]1NC(=O)Cn2c1nc(-c1ccc(F)cc1)c2Nc1ccc(Cl)c(F)c1. The Bertz CT molecular complexity index is 1080. The van der Waals surface area contributed by atoms with E-state index in [1.54, 1.807) is 22.8 Å². The largest absolute Gasteiger partial charge is 0.344 e. The zero-order valence-electron chi connectivity index (χ0n) is 15.8. The molecule has 1 amide bonds. The number of halogens is 3. The van der Waals surface area contributed by atoms with Crippen molar-refractivity contribution in [2.45, 2.75) is 26.4 Å². The van der Waals surface area contributed by atoms with E-state index in [0.717, 1.165) is 0 Å². The minimum absolute atomic E-state index is 0.0175. The summed E-state index contributed by atoms with van der Waals surface area (Å²) in [6, 6.07) is 10.0. The number of nitrogens with zero attached hydrogens (tertiary/aromatic N) is 2. The normalized spacial score (nSPS) is 15.9. The van der Waals surface area contributed by atoms with Crippen LogP contribution in [-0.4, -0.2) is 15.5 Å². The average Bonchev–Trinajstić information content (AvgIpc) is 3.03. The number of amides is 1. The first-order chi connectivity index (χ1) is 13.8. The fourth-order valence-corrected chi connectivity index (χ4v) is 3.52. The third kappa shape index (κ3) is 3.70. The van der Waals surface area contributed by atoms with Crippen molar-refractivity contribution in [3.05, 3.63) is 64.9 Å². The lowest BCUT2D eigenvalue weighted by Crippen LogP contribution is -2.41. The number of aromatic nitrogens is 2. The summed E-state index contributed by atoms with van der Waals surface area (Å²) in [7, 11) is 0. The molecule has 2 N–H and O–H groups in total. The highest BCUT2D eigenvalue weighted by molar-refractivity contribution is 6.30. The quantitative estimate of drug-likeness (QED) is 0.625. The number of rotatable bonds is 4. The molecule has 0 bridgehead atoms. The van der Waals surface area contributed by atoms with Gasteiger partial charge < -0.3 is 15.2 Å². The molecule has 0 aliphatic carbocycles. The van der Waals surface area contributed by atoms with Gasteiger partial charge in [-0.05, 0) is 48.4 Å². The van der Waals surface area contributed by atoms with Gasteiger partial charge in [-0.2, -0.15) is 0 Å². The summed E-state index contributed by atoms with van der Waals surface area (Å²) < 4.78 is 29.2. The average molecular weight is 417 g/mol. The summed E-state index contributed by atoms with van der Waals surface area (Å²) in [6.45, 7) is 4.06. The van der Waals surface area contributed by atoms with Crippen LogP contribution in [0.3, 0.4) is 0 Å². The summed E-state index contributed by atoms with van der Waals surface area (Å²) >= 11 is 5.78. The summed E-state index contributed by atoms with van der Waals surface area (Å²) in [5, 5.41) is 6.15. The minimum Gasteiger partial charge on any atom is -0.344 e. The molecule has 1 atom stereocenters. The number of carbonyl (C=O) groups is 1. The van der Waals surface area contributed by atoms with Crippen LogP contribution in [0.2, 0.25) is 5.02 Å². The molecular formula is C21H19ClF2N4O. The molecule has 1 aliphatic rings. The lowest BCUT2D eigenvalue weighted by Gasteiger charge is -2.28. The van der Waals surface area contributed by atoms with Crippen LogP contribution < -0.4 is 10.6 Å². The fourth-order valence-electron chi connectivity index (χ4n) is 3.41. The lowest BCUT2D eigenvalue weighted by atomic mass is 10.0. The van der Waals surface area contributed by atoms with Crippen molar-refractivity contribution in [2.24, 2.45) is 5.92 Å². The summed E-state index contributed by atoms with van der Waals surface area (Å²) in [5.41, 5.74) is 1.70. The Morgan fingerprint density at radius 2 is 1.93 bits per heavy atom. The first-order valence-electron chi connectivity index (χ1n) is 9.21. The maximum absolute atomic E-state index is 13.9. The van der Waals surface area contributed by atoms with Crippen molar-refractivity contribution in [3.63, 3.8) is 0 Å². The van der Waals surface area contributed by atoms with Gasteiger partial charge in [0.1, 0.15) is 35.5 Å². The third-order valence-corrected chi connectivity index (χ3v) is 5.17. The minimum atomic E-state index is -0.559. The topological polar surface area (TPSA) is 59.0 Å². The van der Waals surface area contributed by atoms with Crippen molar-refractivity contribution in [1.82, 2.24) is 14.9 Å². The second-order valence-electron chi connectivity index (χ2n) is 7.30. The molecule has 150 valence electrons. The van der Waals surface area contributed by atoms with Gasteiger partial charge in [0.25, 0.3) is 0 Å². The van der Waals surface area contributed by atoms with E-state index in [0.29, 0.717) is 28.6 Å². The van der Waals surface area contributed by atoms with Gasteiger partial charge in [-0.3, -0.25) is 4.79 Å². The Morgan fingerprint density at radius 3 is 2.59 bits per heavy atom. The number of carbonyl (C=O) groups excluding carboxylic acids is 1. The van der Waals surface area contributed by atoms with Crippen LogP contribution in [0.4, 0.5) is 20.3 Å². The number of anilines is 2. The van der Waals surface area contributed by atoms with Gasteiger partial charge in [0.15, 0.2) is 0 Å². The molecule has 0 fully saturated rings. The van der Waals surface area contributed by atoms with E-state index in [9.17, 15) is 13.6 Å². The zero-order chi connectivity index (χ0) is 20.7. The number of hydrogen-bond donors (Lipinski definition) is 2. The molecule has 0 spiro atoms. The molecule has 5 nitrogen and oxygen atoms in total. The number of nitrogens with one attached hydrogen (secondary N) is 2. The molecule has 2 aromatic carbocycles. The molecular weight excluding hydrogens is 398 g/mol. The van der Waals surface area contributed by atoms with Crippen LogP contribution in [0.1, 0.15) is 25.7 Å². The predicted octanol–water partition coefficient (Wildman–Crippen LogP) is 5.05. The molecule has 8 heteroatoms. The fraction of sp³-hybridized carbons (Fsp3) is 0.238. The van der Waals surface area contributed by atoms with Gasteiger partial charge in [-0.1, -0.05) is 25.4 Å². The van der Waals surface area contributed by atoms with Crippen LogP contribution in [0.5, 0.6) is 0 Å². The molecule has 1 aromatic heterocycles. The van der Waals surface area contributed by atoms with E-state index < -0.39 is 5.82 Å². The van der Waals surface area contributed by atoms with Gasteiger partial charge in [0.2, 0.25) is 5.91 Å². The number of imidazole rings is 1. The van der Waals surface area contributed by atoms with Crippen molar-refractivity contribution in [3.8, 4) is 11.3 Å². The van der Waals surface area contributed by atoms with Gasteiger partial charge in [-0.25, -0.2) is 13.8 Å². The molecule has 1 aliphatic heterocycles. The standard InChI is InChI=1S/C21H19ClF2N4O/c1-11(2)18-20-27-19(12-3-5-13(23)6-4-12)21(28(20)10-17(29)26-18)25-14-7-8-15(22)16(24)9-14/h3-9,11,18,25H,10H2,1-2H3,(H,26,29)/t18-/m1/s1. The Labute approximate surface area is 171 Å². The van der Waals surface area contributed by atoms with E-state index in [1.165, 1.54) is 24.3 Å². The number of hydrogen-bond acceptors (Lipinski definition) is 3. The molecule has 0 saturated heterocycles. The van der Waals surface area contributed by atoms with Crippen molar-refractivity contribution in [1.29, 1.82) is 0 Å². The molecule has 0 saturated carbocycles. The summed E-state index contributed by atoms with van der Waals surface area (Å²) in [4.78, 5) is 17.1. The van der Waals surface area contributed by atoms with Gasteiger partial charge >= 0.3 is 0 Å². The van der Waals surface area contributed by atoms with Crippen LogP contribution >= 0.6 is 11.6 Å². The highest BCUT2D eigenvalue weighted by Crippen LogP contribution is 2.36. The van der Waals surface area contributed by atoms with Crippen molar-refractivity contribution >= 4 is 29.0 Å². The van der Waals surface area contributed by atoms with E-state index in [1.807, 2.05) is 13.8 Å². The number of fused-ring (bicyclic) bond motifs is 1. The van der Waals surface area contributed by atoms with Gasteiger partial charge in [0, 0.05) is 11.3 Å². The molecule has 2 heterocycles.